The van der Waals surface area contributed by atoms with Crippen molar-refractivity contribution in [2.24, 2.45) is 0 Å². The maximum Gasteiger partial charge on any atom is 0.291 e. The van der Waals surface area contributed by atoms with E-state index in [4.69, 9.17) is 6.42 Å². The van der Waals surface area contributed by atoms with Gasteiger partial charge in [0.1, 0.15) is 17.4 Å². The summed E-state index contributed by atoms with van der Waals surface area (Å²) in [6, 6.07) is 22.1. The van der Waals surface area contributed by atoms with E-state index in [1.54, 1.807) is 32.3 Å². The van der Waals surface area contributed by atoms with Crippen molar-refractivity contribution in [3.63, 3.8) is 0 Å². The number of carbonyl (C=O) groups is 1. The zero-order chi connectivity index (χ0) is 27.2. The van der Waals surface area contributed by atoms with Crippen LogP contribution in [0.25, 0.3) is 0 Å². The molecule has 0 bridgehead atoms. The molecule has 1 heterocycles. The van der Waals surface area contributed by atoms with Crippen LogP contribution in [0.1, 0.15) is 27.5 Å². The number of aromatic nitrogens is 2. The first kappa shape index (κ1) is 25.9. The van der Waals surface area contributed by atoms with Crippen molar-refractivity contribution in [3.8, 4) is 18.1 Å². The van der Waals surface area contributed by atoms with Crippen LogP contribution >= 0.6 is 0 Å². The first-order chi connectivity index (χ1) is 18.3. The van der Waals surface area contributed by atoms with Crippen LogP contribution in [0.4, 0.5) is 17.1 Å². The average Bonchev–Trinajstić information content (AvgIpc) is 2.93. The van der Waals surface area contributed by atoms with Gasteiger partial charge in [-0.25, -0.2) is 4.68 Å². The minimum atomic E-state index is -0.725. The Bertz CT molecular complexity index is 1600. The van der Waals surface area contributed by atoms with E-state index in [1.807, 2.05) is 48.5 Å². The topological polar surface area (TPSA) is 119 Å². The van der Waals surface area contributed by atoms with E-state index in [-0.39, 0.29) is 34.9 Å². The summed E-state index contributed by atoms with van der Waals surface area (Å²) >= 11 is 0. The molecule has 192 valence electrons. The second-order valence-corrected chi connectivity index (χ2v) is 8.75. The summed E-state index contributed by atoms with van der Waals surface area (Å²) in [4.78, 5) is 40.9. The largest absolute Gasteiger partial charge is 0.505 e. The van der Waals surface area contributed by atoms with Gasteiger partial charge in [0.2, 0.25) is 0 Å². The number of nitrogens with one attached hydrogen (secondary N) is 3. The summed E-state index contributed by atoms with van der Waals surface area (Å²) in [7, 11) is 3.12. The summed E-state index contributed by atoms with van der Waals surface area (Å²) in [5.41, 5.74) is 0.226. The third kappa shape index (κ3) is 5.44. The number of rotatable bonds is 8. The first-order valence-corrected chi connectivity index (χ1v) is 11.8. The van der Waals surface area contributed by atoms with Gasteiger partial charge in [0.25, 0.3) is 17.0 Å². The van der Waals surface area contributed by atoms with Crippen LogP contribution in [-0.2, 0) is 6.54 Å². The zero-order valence-corrected chi connectivity index (χ0v) is 20.9. The highest BCUT2D eigenvalue weighted by Crippen LogP contribution is 2.32. The second-order valence-electron chi connectivity index (χ2n) is 8.75. The highest BCUT2D eigenvalue weighted by Gasteiger charge is 2.22. The fraction of sp³-hybridized carbons (Fsp3) is 0.138. The zero-order valence-electron chi connectivity index (χ0n) is 20.9. The first-order valence-electron chi connectivity index (χ1n) is 11.8. The van der Waals surface area contributed by atoms with Crippen LogP contribution in [0.3, 0.4) is 0 Å². The molecular formula is C29H27N5O4. The highest BCUT2D eigenvalue weighted by atomic mass is 16.3. The molecule has 0 aliphatic carbocycles. The standard InChI is InChI=1S/C29H27N5O4/c1-4-22(20-14-9-6-10-15-20)30-24-25(31-23-17-11-16-21(26(23)35)28(37)33(2)3)29(38)34(32-27(24)36)18-19-12-7-5-8-13-19/h1,5-17,22,30-31,35H,18H2,2-3H3,(H,32,36)/t22-/m1/s1. The van der Waals surface area contributed by atoms with Gasteiger partial charge < -0.3 is 20.6 Å². The molecule has 0 aliphatic rings. The molecule has 4 aromatic rings. The van der Waals surface area contributed by atoms with Gasteiger partial charge in [-0.15, -0.1) is 6.42 Å². The number of terminal acetylenes is 1. The molecule has 4 rings (SSSR count). The summed E-state index contributed by atoms with van der Waals surface area (Å²) in [6.07, 6.45) is 5.77. The predicted octanol–water partition coefficient (Wildman–Crippen LogP) is 3.52. The van der Waals surface area contributed by atoms with Gasteiger partial charge in [-0.1, -0.05) is 72.7 Å². The number of benzene rings is 3. The molecule has 0 unspecified atom stereocenters. The molecule has 4 N–H and O–H groups in total. The number of nitrogens with zero attached hydrogens (tertiary/aromatic N) is 2. The van der Waals surface area contributed by atoms with E-state index in [0.717, 1.165) is 11.1 Å². The van der Waals surface area contributed by atoms with Crippen molar-refractivity contribution >= 4 is 23.0 Å². The summed E-state index contributed by atoms with van der Waals surface area (Å²) in [6.45, 7) is 0.103. The lowest BCUT2D eigenvalue weighted by atomic mass is 10.1. The third-order valence-corrected chi connectivity index (χ3v) is 5.88. The van der Waals surface area contributed by atoms with E-state index in [0.29, 0.717) is 0 Å². The van der Waals surface area contributed by atoms with E-state index in [2.05, 4.69) is 21.7 Å². The minimum absolute atomic E-state index is 0.0368. The molecule has 0 fully saturated rings. The van der Waals surface area contributed by atoms with Gasteiger partial charge in [-0.05, 0) is 23.3 Å². The van der Waals surface area contributed by atoms with Crippen molar-refractivity contribution in [2.75, 3.05) is 24.7 Å². The number of hydrogen-bond donors (Lipinski definition) is 4. The van der Waals surface area contributed by atoms with E-state index < -0.39 is 23.1 Å². The van der Waals surface area contributed by atoms with Crippen molar-refractivity contribution in [1.29, 1.82) is 0 Å². The lowest BCUT2D eigenvalue weighted by molar-refractivity contribution is 0.0824. The van der Waals surface area contributed by atoms with Gasteiger partial charge in [0.05, 0.1) is 17.8 Å². The van der Waals surface area contributed by atoms with Crippen LogP contribution in [0.5, 0.6) is 5.75 Å². The Balaban J connectivity index is 1.84. The van der Waals surface area contributed by atoms with Crippen molar-refractivity contribution in [2.45, 2.75) is 12.6 Å². The maximum absolute atomic E-state index is 13.7. The highest BCUT2D eigenvalue weighted by molar-refractivity contribution is 5.98. The Morgan fingerprint density at radius 2 is 1.66 bits per heavy atom. The molecule has 0 aliphatic heterocycles. The number of phenolic OH excluding ortho intramolecular Hbond substituents is 1. The molecular weight excluding hydrogens is 482 g/mol. The molecule has 9 nitrogen and oxygen atoms in total. The number of hydrogen-bond acceptors (Lipinski definition) is 6. The summed E-state index contributed by atoms with van der Waals surface area (Å²) < 4.78 is 1.17. The Labute approximate surface area is 219 Å². The Hall–Kier alpha value is -5.23. The van der Waals surface area contributed by atoms with Gasteiger partial charge in [-0.2, -0.15) is 0 Å². The summed E-state index contributed by atoms with van der Waals surface area (Å²) in [5.74, 6) is 1.83. The normalized spacial score (nSPS) is 11.3. The monoisotopic (exact) mass is 509 g/mol. The molecule has 1 amide bonds. The predicted molar refractivity (Wildman–Crippen MR) is 148 cm³/mol. The molecule has 38 heavy (non-hydrogen) atoms. The number of anilines is 3. The number of phenols is 1. The van der Waals surface area contributed by atoms with Gasteiger partial charge in [0.15, 0.2) is 5.75 Å². The number of aromatic amines is 1. The molecule has 1 aromatic heterocycles. The van der Waals surface area contributed by atoms with Crippen LogP contribution in [-0.4, -0.2) is 39.8 Å². The number of amides is 1. The number of H-pyrrole nitrogens is 1. The van der Waals surface area contributed by atoms with Crippen molar-refractivity contribution in [3.05, 3.63) is 116 Å². The van der Waals surface area contributed by atoms with Gasteiger partial charge >= 0.3 is 0 Å². The second kappa shape index (κ2) is 11.2. The molecule has 0 saturated carbocycles. The van der Waals surface area contributed by atoms with Crippen LogP contribution < -0.4 is 21.8 Å². The van der Waals surface area contributed by atoms with Gasteiger partial charge in [0, 0.05) is 14.1 Å². The van der Waals surface area contributed by atoms with Crippen LogP contribution in [0.15, 0.2) is 88.5 Å². The number of aromatic hydroxyl groups is 1. The van der Waals surface area contributed by atoms with Crippen LogP contribution in [0, 0.1) is 12.3 Å². The third-order valence-electron chi connectivity index (χ3n) is 5.88. The van der Waals surface area contributed by atoms with E-state index >= 15 is 0 Å². The Kier molecular flexibility index (Phi) is 7.63. The SMILES string of the molecule is C#C[C@@H](Nc1c(Nc2cccc(C(=O)N(C)C)c2O)c(=O)n(Cc2ccccc2)[nH]c1=O)c1ccccc1. The minimum Gasteiger partial charge on any atom is -0.505 e. The molecule has 1 atom stereocenters. The molecule has 0 radical (unpaired) electrons. The van der Waals surface area contributed by atoms with Crippen molar-refractivity contribution in [1.82, 2.24) is 14.7 Å². The Morgan fingerprint density at radius 1 is 1.00 bits per heavy atom. The molecule has 9 heteroatoms. The fourth-order valence-corrected chi connectivity index (χ4v) is 3.92. The van der Waals surface area contributed by atoms with Crippen LogP contribution in [0.2, 0.25) is 0 Å². The Morgan fingerprint density at radius 3 is 2.29 bits per heavy atom. The lowest BCUT2D eigenvalue weighted by Gasteiger charge is -2.20. The maximum atomic E-state index is 13.7. The van der Waals surface area contributed by atoms with E-state index in [9.17, 15) is 19.5 Å². The molecule has 3 aromatic carbocycles. The van der Waals surface area contributed by atoms with Crippen molar-refractivity contribution < 1.29 is 9.90 Å². The van der Waals surface area contributed by atoms with Gasteiger partial charge in [-0.3, -0.25) is 19.5 Å². The smallest absolute Gasteiger partial charge is 0.291 e. The average molecular weight is 510 g/mol. The quantitative estimate of drug-likeness (QED) is 0.213. The fourth-order valence-electron chi connectivity index (χ4n) is 3.92. The number of carbonyl (C=O) groups excluding carboxylic acids is 1. The number of para-hydroxylation sites is 1. The van der Waals surface area contributed by atoms with E-state index in [1.165, 1.54) is 21.7 Å². The summed E-state index contributed by atoms with van der Waals surface area (Å²) in [5, 5.41) is 19.4. The molecule has 0 saturated heterocycles. The lowest BCUT2D eigenvalue weighted by Crippen LogP contribution is -2.34. The molecule has 0 spiro atoms.